The van der Waals surface area contributed by atoms with Gasteiger partial charge in [0.2, 0.25) is 6.79 Å². The van der Waals surface area contributed by atoms with Crippen LogP contribution < -0.4 is 9.47 Å². The van der Waals surface area contributed by atoms with Gasteiger partial charge >= 0.3 is 0 Å². The summed E-state index contributed by atoms with van der Waals surface area (Å²) < 4.78 is 11.4. The van der Waals surface area contributed by atoms with Gasteiger partial charge in [-0.25, -0.2) is 0 Å². The molecule has 0 N–H and O–H groups in total. The second kappa shape index (κ2) is 4.68. The molecule has 0 radical (unpaired) electrons. The van der Waals surface area contributed by atoms with Crippen molar-refractivity contribution in [2.75, 3.05) is 6.79 Å². The van der Waals surface area contributed by atoms with Gasteiger partial charge in [-0.1, -0.05) is 19.6 Å². The van der Waals surface area contributed by atoms with Crippen molar-refractivity contribution in [1.82, 2.24) is 0 Å². The third-order valence-electron chi connectivity index (χ3n) is 3.13. The first kappa shape index (κ1) is 12.4. The summed E-state index contributed by atoms with van der Waals surface area (Å²) in [5.74, 6) is 1.42. The minimum atomic E-state index is -0.637. The molecular formula is C13H13IO3. The van der Waals surface area contributed by atoms with Gasteiger partial charge in [-0.05, 0) is 46.7 Å². The number of fused-ring (bicyclic) bond motifs is 1. The third kappa shape index (κ3) is 1.94. The van der Waals surface area contributed by atoms with Crippen LogP contribution >= 0.6 is 22.6 Å². The molecule has 0 fully saturated rings. The summed E-state index contributed by atoms with van der Waals surface area (Å²) in [4.78, 5) is 11.5. The normalized spacial score (nSPS) is 16.4. The molecule has 1 aliphatic rings. The van der Waals surface area contributed by atoms with E-state index in [0.717, 1.165) is 21.2 Å². The maximum absolute atomic E-state index is 11.5. The van der Waals surface area contributed by atoms with Crippen molar-refractivity contribution in [2.45, 2.75) is 18.8 Å². The molecule has 4 heteroatoms. The Kier molecular flexibility index (Phi) is 3.42. The van der Waals surface area contributed by atoms with Crippen molar-refractivity contribution in [1.29, 1.82) is 0 Å². The highest BCUT2D eigenvalue weighted by Crippen LogP contribution is 2.41. The standard InChI is InChI=1S/C13H13IO3/c1-3-13(7-15,9(2)14)10-4-5-11-12(6-10)17-8-16-11/h4-7H,2-3,8H2,1H3. The quantitative estimate of drug-likeness (QED) is 0.622. The molecule has 0 bridgehead atoms. The van der Waals surface area contributed by atoms with Crippen LogP contribution in [-0.2, 0) is 10.2 Å². The van der Waals surface area contributed by atoms with E-state index in [9.17, 15) is 4.79 Å². The maximum Gasteiger partial charge on any atom is 0.231 e. The fourth-order valence-electron chi connectivity index (χ4n) is 1.94. The molecule has 1 aliphatic heterocycles. The first-order valence-corrected chi connectivity index (χ1v) is 6.43. The molecule has 1 heterocycles. The average Bonchev–Trinajstić information content (AvgIpc) is 2.78. The lowest BCUT2D eigenvalue weighted by Gasteiger charge is -2.26. The Hall–Kier alpha value is -1.04. The van der Waals surface area contributed by atoms with Crippen LogP contribution in [0.3, 0.4) is 0 Å². The summed E-state index contributed by atoms with van der Waals surface area (Å²) in [6, 6.07) is 5.60. The minimum absolute atomic E-state index is 0.240. The van der Waals surface area contributed by atoms with Gasteiger partial charge in [-0.15, -0.1) is 0 Å². The molecule has 0 aliphatic carbocycles. The van der Waals surface area contributed by atoms with Crippen molar-refractivity contribution in [3.63, 3.8) is 0 Å². The molecule has 1 aromatic carbocycles. The first-order chi connectivity index (χ1) is 8.14. The molecule has 1 aromatic rings. The van der Waals surface area contributed by atoms with Gasteiger partial charge in [0, 0.05) is 3.58 Å². The molecule has 0 saturated carbocycles. The maximum atomic E-state index is 11.5. The summed E-state index contributed by atoms with van der Waals surface area (Å²) in [5, 5.41) is 0. The number of allylic oxidation sites excluding steroid dienone is 1. The van der Waals surface area contributed by atoms with Gasteiger partial charge in [0.25, 0.3) is 0 Å². The summed E-state index contributed by atoms with van der Waals surface area (Å²) >= 11 is 2.11. The van der Waals surface area contributed by atoms with Gasteiger partial charge < -0.3 is 14.3 Å². The van der Waals surface area contributed by atoms with Crippen molar-refractivity contribution in [3.8, 4) is 11.5 Å². The van der Waals surface area contributed by atoms with Crippen LogP contribution in [0.2, 0.25) is 0 Å². The van der Waals surface area contributed by atoms with Crippen LogP contribution in [-0.4, -0.2) is 13.1 Å². The van der Waals surface area contributed by atoms with Crippen LogP contribution in [0.4, 0.5) is 0 Å². The summed E-state index contributed by atoms with van der Waals surface area (Å²) in [6.07, 6.45) is 1.64. The van der Waals surface area contributed by atoms with Crippen molar-refractivity contribution < 1.29 is 14.3 Å². The van der Waals surface area contributed by atoms with Crippen molar-refractivity contribution in [3.05, 3.63) is 33.9 Å². The van der Waals surface area contributed by atoms with E-state index in [-0.39, 0.29) is 6.79 Å². The van der Waals surface area contributed by atoms with Gasteiger partial charge in [0.05, 0.1) is 5.41 Å². The molecule has 0 spiro atoms. The number of carbonyl (C=O) groups excluding carboxylic acids is 1. The summed E-state index contributed by atoms with van der Waals surface area (Å²) in [6.45, 7) is 6.14. The number of hydrogen-bond donors (Lipinski definition) is 0. The summed E-state index contributed by atoms with van der Waals surface area (Å²) in [7, 11) is 0. The second-order valence-corrected chi connectivity index (χ2v) is 5.22. The number of ether oxygens (including phenoxy) is 2. The van der Waals surface area contributed by atoms with Crippen LogP contribution in [0.25, 0.3) is 0 Å². The topological polar surface area (TPSA) is 35.5 Å². The lowest BCUT2D eigenvalue weighted by atomic mass is 9.79. The van der Waals surface area contributed by atoms with E-state index >= 15 is 0 Å². The molecular weight excluding hydrogens is 331 g/mol. The Morgan fingerprint density at radius 1 is 1.53 bits per heavy atom. The molecule has 3 nitrogen and oxygen atoms in total. The minimum Gasteiger partial charge on any atom is -0.454 e. The zero-order valence-electron chi connectivity index (χ0n) is 9.53. The van der Waals surface area contributed by atoms with Crippen LogP contribution in [0, 0.1) is 0 Å². The predicted molar refractivity (Wildman–Crippen MR) is 73.8 cm³/mol. The Morgan fingerprint density at radius 3 is 2.82 bits per heavy atom. The molecule has 0 aromatic heterocycles. The highest BCUT2D eigenvalue weighted by atomic mass is 127. The number of benzene rings is 1. The predicted octanol–water partition coefficient (Wildman–Crippen LogP) is 3.21. The van der Waals surface area contributed by atoms with Crippen LogP contribution in [0.15, 0.2) is 28.4 Å². The summed E-state index contributed by atoms with van der Waals surface area (Å²) in [5.41, 5.74) is 0.264. The van der Waals surface area contributed by atoms with Crippen LogP contribution in [0.5, 0.6) is 11.5 Å². The lowest BCUT2D eigenvalue weighted by molar-refractivity contribution is -0.111. The van der Waals surface area contributed by atoms with Gasteiger partial charge in [-0.3, -0.25) is 0 Å². The zero-order chi connectivity index (χ0) is 12.5. The second-order valence-electron chi connectivity index (χ2n) is 3.92. The van der Waals surface area contributed by atoms with E-state index in [0.29, 0.717) is 12.2 Å². The van der Waals surface area contributed by atoms with E-state index in [4.69, 9.17) is 9.47 Å². The SMILES string of the molecule is C=C(I)C(C=O)(CC)c1ccc2c(c1)OCO2. The monoisotopic (exact) mass is 344 g/mol. The molecule has 17 heavy (non-hydrogen) atoms. The number of carbonyl (C=O) groups is 1. The Labute approximate surface area is 114 Å². The molecule has 1 atom stereocenters. The lowest BCUT2D eigenvalue weighted by Crippen LogP contribution is -2.27. The molecule has 0 amide bonds. The van der Waals surface area contributed by atoms with Crippen LogP contribution in [0.1, 0.15) is 18.9 Å². The number of aldehydes is 1. The van der Waals surface area contributed by atoms with Gasteiger partial charge in [-0.2, -0.15) is 0 Å². The largest absolute Gasteiger partial charge is 0.454 e. The van der Waals surface area contributed by atoms with Gasteiger partial charge in [0.15, 0.2) is 11.5 Å². The molecule has 90 valence electrons. The number of hydrogen-bond acceptors (Lipinski definition) is 3. The third-order valence-corrected chi connectivity index (χ3v) is 4.09. The van der Waals surface area contributed by atoms with Crippen molar-refractivity contribution >= 4 is 28.9 Å². The fourth-order valence-corrected chi connectivity index (χ4v) is 2.76. The Bertz CT molecular complexity index is 470. The zero-order valence-corrected chi connectivity index (χ0v) is 11.7. The van der Waals surface area contributed by atoms with E-state index < -0.39 is 5.41 Å². The molecule has 1 unspecified atom stereocenters. The highest BCUT2D eigenvalue weighted by Gasteiger charge is 2.33. The number of halogens is 1. The highest BCUT2D eigenvalue weighted by molar-refractivity contribution is 14.1. The van der Waals surface area contributed by atoms with E-state index in [1.165, 1.54) is 0 Å². The molecule has 0 saturated heterocycles. The van der Waals surface area contributed by atoms with Gasteiger partial charge in [0.1, 0.15) is 6.29 Å². The first-order valence-electron chi connectivity index (χ1n) is 5.35. The Morgan fingerprint density at radius 2 is 2.24 bits per heavy atom. The number of rotatable bonds is 4. The van der Waals surface area contributed by atoms with Crippen molar-refractivity contribution in [2.24, 2.45) is 0 Å². The van der Waals surface area contributed by atoms with E-state index in [1.807, 2.05) is 25.1 Å². The fraction of sp³-hybridized carbons (Fsp3) is 0.308. The van der Waals surface area contributed by atoms with E-state index in [1.54, 1.807) is 0 Å². The molecule has 2 rings (SSSR count). The smallest absolute Gasteiger partial charge is 0.231 e. The average molecular weight is 344 g/mol. The van der Waals surface area contributed by atoms with E-state index in [2.05, 4.69) is 29.2 Å². The Balaban J connectivity index is 2.51.